The van der Waals surface area contributed by atoms with Crippen molar-refractivity contribution in [1.82, 2.24) is 9.97 Å². The monoisotopic (exact) mass is 264 g/mol. The fourth-order valence-corrected chi connectivity index (χ4v) is 2.21. The third-order valence-corrected chi connectivity index (χ3v) is 3.27. The first-order valence-electron chi connectivity index (χ1n) is 6.23. The molecule has 0 aliphatic heterocycles. The van der Waals surface area contributed by atoms with Gasteiger partial charge >= 0.3 is 0 Å². The van der Waals surface area contributed by atoms with Crippen molar-refractivity contribution in [2.75, 3.05) is 0 Å². The summed E-state index contributed by atoms with van der Waals surface area (Å²) >= 11 is 0. The van der Waals surface area contributed by atoms with Crippen LogP contribution >= 0.6 is 0 Å². The molecule has 0 bridgehead atoms. The molecule has 20 heavy (non-hydrogen) atoms. The van der Waals surface area contributed by atoms with E-state index in [-0.39, 0.29) is 16.8 Å². The van der Waals surface area contributed by atoms with Gasteiger partial charge in [0.1, 0.15) is 0 Å². The molecule has 1 N–H and O–H groups in total. The molecule has 0 fully saturated rings. The Kier molecular flexibility index (Phi) is 2.91. The first-order valence-corrected chi connectivity index (χ1v) is 6.23. The van der Waals surface area contributed by atoms with Gasteiger partial charge in [0, 0.05) is 29.5 Å². The maximum atomic E-state index is 12.2. The number of H-pyrrole nitrogens is 1. The average molecular weight is 264 g/mol. The van der Waals surface area contributed by atoms with Crippen molar-refractivity contribution < 1.29 is 4.79 Å². The van der Waals surface area contributed by atoms with E-state index in [1.54, 1.807) is 18.5 Å². The molecule has 0 unspecified atom stereocenters. The van der Waals surface area contributed by atoms with Crippen molar-refractivity contribution in [1.29, 1.82) is 0 Å². The minimum absolute atomic E-state index is 0.189. The van der Waals surface area contributed by atoms with Crippen molar-refractivity contribution >= 4 is 16.7 Å². The summed E-state index contributed by atoms with van der Waals surface area (Å²) in [5.74, 6) is -0.230. The van der Waals surface area contributed by atoms with E-state index in [4.69, 9.17) is 0 Å². The number of fused-ring (bicyclic) bond motifs is 1. The lowest BCUT2D eigenvalue weighted by Crippen LogP contribution is -2.13. The smallest absolute Gasteiger partial charge is 0.200 e. The van der Waals surface area contributed by atoms with Crippen LogP contribution in [0.15, 0.2) is 53.7 Å². The zero-order chi connectivity index (χ0) is 14.1. The minimum Gasteiger partial charge on any atom is -0.360 e. The molecule has 0 aliphatic carbocycles. The summed E-state index contributed by atoms with van der Waals surface area (Å²) in [6.07, 6.45) is 4.92. The number of rotatable bonds is 2. The van der Waals surface area contributed by atoms with Crippen molar-refractivity contribution in [3.05, 3.63) is 64.7 Å². The third kappa shape index (κ3) is 2.01. The molecule has 4 nitrogen and oxygen atoms in total. The molecule has 0 amide bonds. The highest BCUT2D eigenvalue weighted by atomic mass is 16.1. The summed E-state index contributed by atoms with van der Waals surface area (Å²) in [4.78, 5) is 30.5. The standard InChI is InChI=1S/C16H12N2O2/c1-10(19)14-9-18-15-8-12(2-3-13(15)16(14)20)11-4-6-17-7-5-11/h2-9H,1H3,(H,18,20). The molecule has 3 aromatic rings. The Hall–Kier alpha value is -2.75. The van der Waals surface area contributed by atoms with Crippen LogP contribution < -0.4 is 5.43 Å². The Morgan fingerprint density at radius 2 is 1.85 bits per heavy atom. The van der Waals surface area contributed by atoms with Crippen LogP contribution in [0.5, 0.6) is 0 Å². The molecule has 2 aromatic heterocycles. The van der Waals surface area contributed by atoms with E-state index in [0.29, 0.717) is 10.9 Å². The maximum absolute atomic E-state index is 12.2. The summed E-state index contributed by atoms with van der Waals surface area (Å²) in [6, 6.07) is 9.33. The molecule has 0 saturated carbocycles. The largest absolute Gasteiger partial charge is 0.360 e. The van der Waals surface area contributed by atoms with Crippen molar-refractivity contribution in [2.45, 2.75) is 6.92 Å². The van der Waals surface area contributed by atoms with E-state index in [1.165, 1.54) is 13.1 Å². The SMILES string of the molecule is CC(=O)c1c[nH]c2cc(-c3ccncc3)ccc2c1=O. The second-order valence-corrected chi connectivity index (χ2v) is 4.58. The average Bonchev–Trinajstić information content (AvgIpc) is 2.48. The van der Waals surface area contributed by atoms with Crippen LogP contribution in [0.2, 0.25) is 0 Å². The van der Waals surface area contributed by atoms with Crippen LogP contribution in [-0.4, -0.2) is 15.8 Å². The predicted molar refractivity (Wildman–Crippen MR) is 77.8 cm³/mol. The summed E-state index contributed by atoms with van der Waals surface area (Å²) < 4.78 is 0. The van der Waals surface area contributed by atoms with Gasteiger partial charge in [0.15, 0.2) is 11.2 Å². The van der Waals surface area contributed by atoms with Crippen LogP contribution in [0.1, 0.15) is 17.3 Å². The Morgan fingerprint density at radius 1 is 1.10 bits per heavy atom. The molecule has 1 aromatic carbocycles. The summed E-state index contributed by atoms with van der Waals surface area (Å²) in [5.41, 5.74) is 2.69. The van der Waals surface area contributed by atoms with Gasteiger partial charge in [0.25, 0.3) is 0 Å². The quantitative estimate of drug-likeness (QED) is 0.724. The lowest BCUT2D eigenvalue weighted by Gasteiger charge is -2.04. The van der Waals surface area contributed by atoms with Gasteiger partial charge in [-0.1, -0.05) is 6.07 Å². The third-order valence-electron chi connectivity index (χ3n) is 3.27. The van der Waals surface area contributed by atoms with Crippen molar-refractivity contribution in [3.8, 4) is 11.1 Å². The van der Waals surface area contributed by atoms with E-state index in [1.807, 2.05) is 24.3 Å². The number of aromatic nitrogens is 2. The fourth-order valence-electron chi connectivity index (χ4n) is 2.21. The van der Waals surface area contributed by atoms with Crippen LogP contribution in [-0.2, 0) is 0 Å². The molecule has 3 rings (SSSR count). The van der Waals surface area contributed by atoms with Gasteiger partial charge in [-0.05, 0) is 42.3 Å². The lowest BCUT2D eigenvalue weighted by molar-refractivity contribution is 0.101. The van der Waals surface area contributed by atoms with E-state index in [9.17, 15) is 9.59 Å². The number of hydrogen-bond donors (Lipinski definition) is 1. The highest BCUT2D eigenvalue weighted by molar-refractivity contribution is 5.97. The van der Waals surface area contributed by atoms with Gasteiger partial charge in [0.05, 0.1) is 5.56 Å². The highest BCUT2D eigenvalue weighted by Gasteiger charge is 2.09. The Labute approximate surface area is 115 Å². The number of Topliss-reactive ketones (excluding diaryl/α,β-unsaturated/α-hetero) is 1. The Balaban J connectivity index is 2.22. The van der Waals surface area contributed by atoms with Gasteiger partial charge < -0.3 is 4.98 Å². The second kappa shape index (κ2) is 4.74. The predicted octanol–water partition coefficient (Wildman–Crippen LogP) is 2.79. The van der Waals surface area contributed by atoms with E-state index < -0.39 is 0 Å². The zero-order valence-corrected chi connectivity index (χ0v) is 10.9. The zero-order valence-electron chi connectivity index (χ0n) is 10.9. The normalized spacial score (nSPS) is 10.7. The Bertz CT molecular complexity index is 851. The van der Waals surface area contributed by atoms with E-state index in [2.05, 4.69) is 9.97 Å². The van der Waals surface area contributed by atoms with Gasteiger partial charge in [-0.2, -0.15) is 0 Å². The first kappa shape index (κ1) is 12.3. The van der Waals surface area contributed by atoms with Crippen LogP contribution in [0, 0.1) is 0 Å². The Morgan fingerprint density at radius 3 is 2.55 bits per heavy atom. The van der Waals surface area contributed by atoms with Gasteiger partial charge in [-0.3, -0.25) is 14.6 Å². The number of aromatic amines is 1. The van der Waals surface area contributed by atoms with Gasteiger partial charge in [-0.25, -0.2) is 0 Å². The van der Waals surface area contributed by atoms with Crippen molar-refractivity contribution in [3.63, 3.8) is 0 Å². The fraction of sp³-hybridized carbons (Fsp3) is 0.0625. The van der Waals surface area contributed by atoms with E-state index in [0.717, 1.165) is 11.1 Å². The van der Waals surface area contributed by atoms with E-state index >= 15 is 0 Å². The first-order chi connectivity index (χ1) is 9.66. The van der Waals surface area contributed by atoms with Gasteiger partial charge in [0.2, 0.25) is 0 Å². The number of hydrogen-bond acceptors (Lipinski definition) is 3. The van der Waals surface area contributed by atoms with Crippen LogP contribution in [0.25, 0.3) is 22.0 Å². The summed E-state index contributed by atoms with van der Waals surface area (Å²) in [7, 11) is 0. The molecule has 0 atom stereocenters. The summed E-state index contributed by atoms with van der Waals surface area (Å²) in [6.45, 7) is 1.39. The number of nitrogens with one attached hydrogen (secondary N) is 1. The second-order valence-electron chi connectivity index (χ2n) is 4.58. The molecule has 0 saturated heterocycles. The molecule has 2 heterocycles. The molecular weight excluding hydrogens is 252 g/mol. The molecule has 0 aliphatic rings. The van der Waals surface area contributed by atoms with Crippen LogP contribution in [0.3, 0.4) is 0 Å². The molecule has 0 radical (unpaired) electrons. The molecular formula is C16H12N2O2. The number of carbonyl (C=O) groups is 1. The maximum Gasteiger partial charge on any atom is 0.200 e. The molecule has 98 valence electrons. The van der Waals surface area contributed by atoms with Gasteiger partial charge in [-0.15, -0.1) is 0 Å². The number of pyridine rings is 2. The summed E-state index contributed by atoms with van der Waals surface area (Å²) in [5, 5.41) is 0.524. The minimum atomic E-state index is -0.230. The highest BCUT2D eigenvalue weighted by Crippen LogP contribution is 2.21. The van der Waals surface area contributed by atoms with Crippen LogP contribution in [0.4, 0.5) is 0 Å². The topological polar surface area (TPSA) is 62.8 Å². The van der Waals surface area contributed by atoms with Crippen molar-refractivity contribution in [2.24, 2.45) is 0 Å². The molecule has 4 heteroatoms. The number of nitrogens with zero attached hydrogens (tertiary/aromatic N) is 1. The number of carbonyl (C=O) groups excluding carboxylic acids is 1. The lowest BCUT2D eigenvalue weighted by atomic mass is 10.0. The number of benzene rings is 1. The number of ketones is 1. The molecule has 0 spiro atoms.